The molecular weight excluding hydrogens is 325 g/mol. The summed E-state index contributed by atoms with van der Waals surface area (Å²) in [4.78, 5) is 14.6. The second kappa shape index (κ2) is 6.96. The number of aromatic nitrogens is 1. The minimum atomic E-state index is -0.460. The minimum absolute atomic E-state index is 0.0126. The van der Waals surface area contributed by atoms with Crippen LogP contribution < -0.4 is 10.1 Å². The fourth-order valence-corrected chi connectivity index (χ4v) is 2.42. The summed E-state index contributed by atoms with van der Waals surface area (Å²) >= 11 is 0. The Hall–Kier alpha value is -3.48. The summed E-state index contributed by atoms with van der Waals surface area (Å²) < 4.78 is 18.6. The zero-order valence-electron chi connectivity index (χ0n) is 13.3. The van der Waals surface area contributed by atoms with Gasteiger partial charge in [0.05, 0.1) is 12.0 Å². The number of ether oxygens (including phenoxy) is 1. The predicted molar refractivity (Wildman–Crippen MR) is 92.6 cm³/mol. The highest BCUT2D eigenvalue weighted by atomic mass is 19.1. The maximum absolute atomic E-state index is 13.4. The Morgan fingerprint density at radius 3 is 2.76 bits per heavy atom. The van der Waals surface area contributed by atoms with Gasteiger partial charge in [0, 0.05) is 35.6 Å². The lowest BCUT2D eigenvalue weighted by Crippen LogP contribution is -1.96. The quantitative estimate of drug-likeness (QED) is 0.545. The Morgan fingerprint density at radius 1 is 1.16 bits per heavy atom. The number of non-ortho nitro benzene ring substituents is 1. The molecule has 0 unspecified atom stereocenters. The molecule has 0 atom stereocenters. The van der Waals surface area contributed by atoms with Crippen LogP contribution in [0.25, 0.3) is 11.1 Å². The average Bonchev–Trinajstić information content (AvgIpc) is 2.62. The molecule has 0 amide bonds. The largest absolute Gasteiger partial charge is 0.496 e. The highest BCUT2D eigenvalue weighted by Crippen LogP contribution is 2.32. The number of benzene rings is 2. The SMILES string of the molecule is COc1cc(F)ccc1-c1ccnc(Nc2cccc([N+](=O)[O-])c2)c1. The van der Waals surface area contributed by atoms with Gasteiger partial charge in [0.1, 0.15) is 17.4 Å². The number of nitro benzene ring substituents is 1. The number of nitrogens with zero attached hydrogens (tertiary/aromatic N) is 2. The number of methoxy groups -OCH3 is 1. The van der Waals surface area contributed by atoms with Crippen LogP contribution in [-0.2, 0) is 0 Å². The van der Waals surface area contributed by atoms with Crippen molar-refractivity contribution in [3.05, 3.63) is 76.7 Å². The molecule has 0 spiro atoms. The summed E-state index contributed by atoms with van der Waals surface area (Å²) in [7, 11) is 1.47. The molecule has 0 saturated carbocycles. The Bertz CT molecular complexity index is 931. The van der Waals surface area contributed by atoms with Crippen molar-refractivity contribution in [2.24, 2.45) is 0 Å². The third-order valence-corrected chi connectivity index (χ3v) is 3.56. The van der Waals surface area contributed by atoms with Crippen LogP contribution in [-0.4, -0.2) is 17.0 Å². The topological polar surface area (TPSA) is 77.3 Å². The van der Waals surface area contributed by atoms with Crippen molar-refractivity contribution in [3.63, 3.8) is 0 Å². The van der Waals surface area contributed by atoms with Gasteiger partial charge in [-0.1, -0.05) is 6.07 Å². The molecule has 3 aromatic rings. The number of pyridine rings is 1. The van der Waals surface area contributed by atoms with Crippen LogP contribution in [0.4, 0.5) is 21.6 Å². The monoisotopic (exact) mass is 339 g/mol. The van der Waals surface area contributed by atoms with E-state index in [-0.39, 0.29) is 11.5 Å². The van der Waals surface area contributed by atoms with Crippen LogP contribution >= 0.6 is 0 Å². The van der Waals surface area contributed by atoms with Crippen LogP contribution in [0.1, 0.15) is 0 Å². The summed E-state index contributed by atoms with van der Waals surface area (Å²) in [5, 5.41) is 13.9. The first-order valence-electron chi connectivity index (χ1n) is 7.38. The molecule has 0 aliphatic carbocycles. The Balaban J connectivity index is 1.92. The van der Waals surface area contributed by atoms with Gasteiger partial charge >= 0.3 is 0 Å². The van der Waals surface area contributed by atoms with Crippen LogP contribution in [0.15, 0.2) is 60.8 Å². The van der Waals surface area contributed by atoms with E-state index in [1.54, 1.807) is 36.5 Å². The fraction of sp³-hybridized carbons (Fsp3) is 0.0556. The highest BCUT2D eigenvalue weighted by Gasteiger charge is 2.10. The molecule has 1 N–H and O–H groups in total. The smallest absolute Gasteiger partial charge is 0.271 e. The molecule has 7 heteroatoms. The molecule has 1 heterocycles. The van der Waals surface area contributed by atoms with Gasteiger partial charge < -0.3 is 10.1 Å². The molecule has 0 fully saturated rings. The Morgan fingerprint density at radius 2 is 2.00 bits per heavy atom. The van der Waals surface area contributed by atoms with E-state index in [0.717, 1.165) is 5.56 Å². The number of anilines is 2. The zero-order chi connectivity index (χ0) is 17.8. The van der Waals surface area contributed by atoms with E-state index < -0.39 is 4.92 Å². The maximum Gasteiger partial charge on any atom is 0.271 e. The summed E-state index contributed by atoms with van der Waals surface area (Å²) in [5.41, 5.74) is 2.03. The van der Waals surface area contributed by atoms with E-state index in [0.29, 0.717) is 22.8 Å². The third-order valence-electron chi connectivity index (χ3n) is 3.56. The van der Waals surface area contributed by atoms with Gasteiger partial charge in [0.25, 0.3) is 5.69 Å². The summed E-state index contributed by atoms with van der Waals surface area (Å²) in [6, 6.07) is 14.0. The van der Waals surface area contributed by atoms with Crippen molar-refractivity contribution in [1.29, 1.82) is 0 Å². The van der Waals surface area contributed by atoms with E-state index >= 15 is 0 Å². The van der Waals surface area contributed by atoms with Crippen molar-refractivity contribution >= 4 is 17.2 Å². The summed E-state index contributed by atoms with van der Waals surface area (Å²) in [5.74, 6) is 0.529. The van der Waals surface area contributed by atoms with E-state index in [2.05, 4.69) is 10.3 Å². The van der Waals surface area contributed by atoms with Gasteiger partial charge in [-0.25, -0.2) is 9.37 Å². The van der Waals surface area contributed by atoms with Gasteiger partial charge in [-0.05, 0) is 35.9 Å². The molecule has 25 heavy (non-hydrogen) atoms. The number of hydrogen-bond donors (Lipinski definition) is 1. The third kappa shape index (κ3) is 3.72. The molecule has 2 aromatic carbocycles. The van der Waals surface area contributed by atoms with Crippen molar-refractivity contribution in [2.45, 2.75) is 0 Å². The molecular formula is C18H14FN3O3. The number of hydrogen-bond acceptors (Lipinski definition) is 5. The number of rotatable bonds is 5. The molecule has 0 bridgehead atoms. The van der Waals surface area contributed by atoms with Crippen LogP contribution in [0, 0.1) is 15.9 Å². The average molecular weight is 339 g/mol. The van der Waals surface area contributed by atoms with Crippen LogP contribution in [0.5, 0.6) is 5.75 Å². The summed E-state index contributed by atoms with van der Waals surface area (Å²) in [6.45, 7) is 0. The van der Waals surface area contributed by atoms with Crippen molar-refractivity contribution in [3.8, 4) is 16.9 Å². The summed E-state index contributed by atoms with van der Waals surface area (Å²) in [6.07, 6.45) is 1.60. The van der Waals surface area contributed by atoms with Gasteiger partial charge in [-0.15, -0.1) is 0 Å². The highest BCUT2D eigenvalue weighted by molar-refractivity contribution is 5.73. The van der Waals surface area contributed by atoms with E-state index in [4.69, 9.17) is 4.74 Å². The van der Waals surface area contributed by atoms with Gasteiger partial charge in [-0.2, -0.15) is 0 Å². The lowest BCUT2D eigenvalue weighted by Gasteiger charge is -2.11. The number of halogens is 1. The van der Waals surface area contributed by atoms with Crippen LogP contribution in [0.3, 0.4) is 0 Å². The second-order valence-corrected chi connectivity index (χ2v) is 5.21. The van der Waals surface area contributed by atoms with Crippen molar-refractivity contribution in [2.75, 3.05) is 12.4 Å². The molecule has 0 aliphatic heterocycles. The molecule has 6 nitrogen and oxygen atoms in total. The first kappa shape index (κ1) is 16.4. The Labute approximate surface area is 143 Å². The first-order valence-corrected chi connectivity index (χ1v) is 7.38. The van der Waals surface area contributed by atoms with Gasteiger partial charge in [-0.3, -0.25) is 10.1 Å². The van der Waals surface area contributed by atoms with E-state index in [1.807, 2.05) is 0 Å². The fourth-order valence-electron chi connectivity index (χ4n) is 2.42. The molecule has 0 radical (unpaired) electrons. The predicted octanol–water partition coefficient (Wildman–Crippen LogP) is 4.55. The number of nitrogens with one attached hydrogen (secondary N) is 1. The molecule has 0 aliphatic rings. The number of nitro groups is 1. The molecule has 126 valence electrons. The van der Waals surface area contributed by atoms with E-state index in [9.17, 15) is 14.5 Å². The normalized spacial score (nSPS) is 10.3. The zero-order valence-corrected chi connectivity index (χ0v) is 13.3. The van der Waals surface area contributed by atoms with Gasteiger partial charge in [0.15, 0.2) is 0 Å². The standard InChI is InChI=1S/C18H14FN3O3/c1-25-17-10-13(19)5-6-16(17)12-7-8-20-18(9-12)21-14-3-2-4-15(11-14)22(23)24/h2-11H,1H3,(H,20,21). The lowest BCUT2D eigenvalue weighted by molar-refractivity contribution is -0.384. The maximum atomic E-state index is 13.4. The van der Waals surface area contributed by atoms with Gasteiger partial charge in [0.2, 0.25) is 0 Å². The molecule has 1 aromatic heterocycles. The molecule has 3 rings (SSSR count). The molecule has 0 saturated heterocycles. The second-order valence-electron chi connectivity index (χ2n) is 5.21. The lowest BCUT2D eigenvalue weighted by atomic mass is 10.1. The first-order chi connectivity index (χ1) is 12.1. The Kier molecular flexibility index (Phi) is 4.56. The van der Waals surface area contributed by atoms with Crippen molar-refractivity contribution < 1.29 is 14.1 Å². The van der Waals surface area contributed by atoms with Crippen LogP contribution in [0.2, 0.25) is 0 Å². The minimum Gasteiger partial charge on any atom is -0.496 e. The van der Waals surface area contributed by atoms with E-state index in [1.165, 1.54) is 31.4 Å². The van der Waals surface area contributed by atoms with Crippen molar-refractivity contribution in [1.82, 2.24) is 4.98 Å².